The number of hydrogen-bond donors (Lipinski definition) is 0. The normalized spacial score (nSPS) is 15.4. The first kappa shape index (κ1) is 18.2. The highest BCUT2D eigenvalue weighted by Gasteiger charge is 2.17. The van der Waals surface area contributed by atoms with Crippen molar-refractivity contribution in [2.24, 2.45) is 12.0 Å². The summed E-state index contributed by atoms with van der Waals surface area (Å²) < 4.78 is 2.05. The maximum atomic E-state index is 9.33. The molecular weight excluding hydrogens is 348 g/mol. The standard InChI is InChI=1S/C22H24N6/c1-14-17(12-23)7-5-8-18(14)15(2)25-22-19-11-21(28-9-6-10-28)24-13-20(19)27(4)16(3)26-22/h5,7-8,11,13,15H,6,9-10H2,1-4H3/t15-/m1/s1. The fourth-order valence-electron chi connectivity index (χ4n) is 3.64. The Bertz CT molecular complexity index is 1160. The predicted octanol–water partition coefficient (Wildman–Crippen LogP) is 3.33. The lowest BCUT2D eigenvalue weighted by molar-refractivity contribution is 0.610. The van der Waals surface area contributed by atoms with Crippen LogP contribution in [0.2, 0.25) is 0 Å². The summed E-state index contributed by atoms with van der Waals surface area (Å²) in [5.74, 6) is 1.87. The number of aromatic nitrogens is 3. The maximum absolute atomic E-state index is 9.33. The molecule has 0 radical (unpaired) electrons. The largest absolute Gasteiger partial charge is 0.356 e. The van der Waals surface area contributed by atoms with E-state index < -0.39 is 0 Å². The fourth-order valence-corrected chi connectivity index (χ4v) is 3.64. The average Bonchev–Trinajstić information content (AvgIpc) is 2.64. The number of anilines is 1. The van der Waals surface area contributed by atoms with Crippen LogP contribution in [-0.2, 0) is 7.05 Å². The second-order valence-electron chi connectivity index (χ2n) is 7.38. The minimum atomic E-state index is -0.100. The van der Waals surface area contributed by atoms with E-state index in [-0.39, 0.29) is 6.04 Å². The minimum absolute atomic E-state index is 0.100. The van der Waals surface area contributed by atoms with Gasteiger partial charge in [-0.3, -0.25) is 4.99 Å². The summed E-state index contributed by atoms with van der Waals surface area (Å²) in [6.45, 7) is 8.11. The van der Waals surface area contributed by atoms with E-state index in [0.29, 0.717) is 5.56 Å². The van der Waals surface area contributed by atoms with Gasteiger partial charge < -0.3 is 9.47 Å². The van der Waals surface area contributed by atoms with Gasteiger partial charge in [0.25, 0.3) is 0 Å². The number of pyridine rings is 1. The van der Waals surface area contributed by atoms with Gasteiger partial charge in [-0.2, -0.15) is 5.26 Å². The van der Waals surface area contributed by atoms with Crippen molar-refractivity contribution in [3.8, 4) is 6.07 Å². The first-order valence-corrected chi connectivity index (χ1v) is 9.61. The van der Waals surface area contributed by atoms with Crippen molar-refractivity contribution in [2.45, 2.75) is 33.2 Å². The van der Waals surface area contributed by atoms with Crippen molar-refractivity contribution in [3.63, 3.8) is 0 Å². The van der Waals surface area contributed by atoms with Crippen molar-refractivity contribution < 1.29 is 0 Å². The zero-order valence-corrected chi connectivity index (χ0v) is 16.8. The summed E-state index contributed by atoms with van der Waals surface area (Å²) in [5, 5.41) is 10.3. The summed E-state index contributed by atoms with van der Waals surface area (Å²) in [6, 6.07) is 10.1. The fraction of sp³-hybridized carbons (Fsp3) is 0.364. The Labute approximate surface area is 164 Å². The van der Waals surface area contributed by atoms with Crippen molar-refractivity contribution >= 4 is 16.7 Å². The van der Waals surface area contributed by atoms with Gasteiger partial charge in [-0.25, -0.2) is 9.97 Å². The highest BCUT2D eigenvalue weighted by atomic mass is 15.2. The van der Waals surface area contributed by atoms with Crippen LogP contribution < -0.4 is 10.4 Å². The molecule has 2 aromatic heterocycles. The molecular formula is C22H24N6. The quantitative estimate of drug-likeness (QED) is 0.707. The molecule has 0 N–H and O–H groups in total. The zero-order valence-electron chi connectivity index (χ0n) is 16.8. The molecule has 28 heavy (non-hydrogen) atoms. The summed E-state index contributed by atoms with van der Waals surface area (Å²) in [5.41, 5.74) is 4.47. The van der Waals surface area contributed by atoms with Crippen LogP contribution in [0.15, 0.2) is 35.5 Å². The van der Waals surface area contributed by atoms with Gasteiger partial charge in [-0.1, -0.05) is 12.1 Å². The van der Waals surface area contributed by atoms with Gasteiger partial charge >= 0.3 is 0 Å². The molecule has 6 nitrogen and oxygen atoms in total. The topological polar surface area (TPSA) is 70.1 Å². The van der Waals surface area contributed by atoms with Crippen molar-refractivity contribution in [1.29, 1.82) is 5.26 Å². The number of benzene rings is 1. The lowest BCUT2D eigenvalue weighted by Crippen LogP contribution is -2.37. The van der Waals surface area contributed by atoms with E-state index >= 15 is 0 Å². The van der Waals surface area contributed by atoms with Gasteiger partial charge in [0, 0.05) is 25.5 Å². The van der Waals surface area contributed by atoms with E-state index in [1.807, 2.05) is 49.9 Å². The van der Waals surface area contributed by atoms with E-state index in [9.17, 15) is 5.26 Å². The van der Waals surface area contributed by atoms with Gasteiger partial charge in [-0.15, -0.1) is 0 Å². The molecule has 6 heteroatoms. The van der Waals surface area contributed by atoms with Crippen LogP contribution in [0.4, 0.5) is 5.82 Å². The lowest BCUT2D eigenvalue weighted by atomic mass is 9.98. The number of aryl methyl sites for hydroxylation is 2. The van der Waals surface area contributed by atoms with E-state index in [4.69, 9.17) is 9.98 Å². The van der Waals surface area contributed by atoms with Gasteiger partial charge in [0.15, 0.2) is 5.49 Å². The van der Waals surface area contributed by atoms with Gasteiger partial charge in [-0.05, 0) is 50.5 Å². The number of rotatable bonds is 3. The van der Waals surface area contributed by atoms with Crippen LogP contribution in [0.25, 0.3) is 10.9 Å². The maximum Gasteiger partial charge on any atom is 0.159 e. The van der Waals surface area contributed by atoms with Crippen molar-refractivity contribution in [2.75, 3.05) is 18.0 Å². The van der Waals surface area contributed by atoms with Crippen LogP contribution in [0.5, 0.6) is 0 Å². The zero-order chi connectivity index (χ0) is 19.8. The monoisotopic (exact) mass is 372 g/mol. The molecule has 1 aliphatic rings. The third-order valence-corrected chi connectivity index (χ3v) is 5.67. The van der Waals surface area contributed by atoms with Gasteiger partial charge in [0.05, 0.1) is 29.4 Å². The molecule has 3 heterocycles. The first-order valence-electron chi connectivity index (χ1n) is 9.61. The third-order valence-electron chi connectivity index (χ3n) is 5.67. The van der Waals surface area contributed by atoms with E-state index in [0.717, 1.165) is 52.2 Å². The SMILES string of the molecule is Cc1c(C#N)cccc1[C@@H](C)N=c1nc(C)n(C)c2cnc(N3CCC3)cc12. The number of nitriles is 1. The Balaban J connectivity index is 1.89. The molecule has 142 valence electrons. The Morgan fingerprint density at radius 1 is 1.25 bits per heavy atom. The van der Waals surface area contributed by atoms with Crippen LogP contribution in [0.3, 0.4) is 0 Å². The molecule has 1 aliphatic heterocycles. The predicted molar refractivity (Wildman–Crippen MR) is 110 cm³/mol. The van der Waals surface area contributed by atoms with Crippen molar-refractivity contribution in [1.82, 2.24) is 14.5 Å². The van der Waals surface area contributed by atoms with Crippen LogP contribution in [0, 0.1) is 25.2 Å². The molecule has 1 aromatic carbocycles. The third kappa shape index (κ3) is 3.03. The molecule has 4 rings (SSSR count). The van der Waals surface area contributed by atoms with Crippen LogP contribution in [-0.4, -0.2) is 27.6 Å². The molecule has 0 bridgehead atoms. The van der Waals surface area contributed by atoms with E-state index in [2.05, 4.69) is 28.9 Å². The highest BCUT2D eigenvalue weighted by Crippen LogP contribution is 2.24. The second-order valence-corrected chi connectivity index (χ2v) is 7.38. The smallest absolute Gasteiger partial charge is 0.159 e. The molecule has 0 amide bonds. The summed E-state index contributed by atoms with van der Waals surface area (Å²) in [6.07, 6.45) is 3.13. The van der Waals surface area contributed by atoms with Gasteiger partial charge in [0.2, 0.25) is 0 Å². The molecule has 0 spiro atoms. The minimum Gasteiger partial charge on any atom is -0.356 e. The average molecular weight is 372 g/mol. The summed E-state index contributed by atoms with van der Waals surface area (Å²) in [7, 11) is 2.00. The van der Waals surface area contributed by atoms with Gasteiger partial charge in [0.1, 0.15) is 11.6 Å². The van der Waals surface area contributed by atoms with E-state index in [1.165, 1.54) is 6.42 Å². The Hall–Kier alpha value is -3.20. The molecule has 1 fully saturated rings. The molecule has 3 aromatic rings. The Morgan fingerprint density at radius 3 is 2.71 bits per heavy atom. The first-order chi connectivity index (χ1) is 13.5. The summed E-state index contributed by atoms with van der Waals surface area (Å²) in [4.78, 5) is 16.6. The highest BCUT2D eigenvalue weighted by molar-refractivity contribution is 5.80. The number of fused-ring (bicyclic) bond motifs is 1. The molecule has 0 saturated carbocycles. The lowest BCUT2D eigenvalue weighted by Gasteiger charge is -2.32. The molecule has 1 atom stereocenters. The Morgan fingerprint density at radius 2 is 2.04 bits per heavy atom. The Kier molecular flexibility index (Phi) is 4.60. The van der Waals surface area contributed by atoms with E-state index in [1.54, 1.807) is 0 Å². The molecule has 1 saturated heterocycles. The molecule has 0 aliphatic carbocycles. The van der Waals surface area contributed by atoms with Crippen LogP contribution >= 0.6 is 0 Å². The van der Waals surface area contributed by atoms with Crippen molar-refractivity contribution in [3.05, 3.63) is 58.5 Å². The molecule has 0 unspecified atom stereocenters. The summed E-state index contributed by atoms with van der Waals surface area (Å²) >= 11 is 0. The van der Waals surface area contributed by atoms with Crippen LogP contribution in [0.1, 0.15) is 41.9 Å². The second kappa shape index (κ2) is 7.08. The number of nitrogens with zero attached hydrogens (tertiary/aromatic N) is 6. The number of hydrogen-bond acceptors (Lipinski definition) is 5.